The highest BCUT2D eigenvalue weighted by atomic mass is 19.1. The van der Waals surface area contributed by atoms with E-state index in [9.17, 15) is 9.18 Å². The monoisotopic (exact) mass is 346 g/mol. The number of halogens is 1. The van der Waals surface area contributed by atoms with Gasteiger partial charge in [-0.05, 0) is 49.7 Å². The molecule has 2 aromatic rings. The van der Waals surface area contributed by atoms with E-state index in [-0.39, 0.29) is 24.4 Å². The van der Waals surface area contributed by atoms with Gasteiger partial charge in [-0.2, -0.15) is 0 Å². The molecule has 1 aliphatic heterocycles. The van der Waals surface area contributed by atoms with E-state index in [1.165, 1.54) is 24.3 Å². The third-order valence-corrected chi connectivity index (χ3v) is 4.37. The van der Waals surface area contributed by atoms with E-state index in [1.807, 2.05) is 24.0 Å². The summed E-state index contributed by atoms with van der Waals surface area (Å²) >= 11 is 0. The van der Waals surface area contributed by atoms with Crippen molar-refractivity contribution in [2.24, 2.45) is 0 Å². The lowest BCUT2D eigenvalue weighted by Crippen LogP contribution is -2.43. The van der Waals surface area contributed by atoms with Crippen LogP contribution in [0.2, 0.25) is 0 Å². The molecular weight excluding hydrogens is 323 g/mol. The van der Waals surface area contributed by atoms with Crippen molar-refractivity contribution in [1.82, 2.24) is 9.47 Å². The first-order valence-electron chi connectivity index (χ1n) is 8.57. The topological polar surface area (TPSA) is 43.7 Å². The van der Waals surface area contributed by atoms with E-state index in [0.29, 0.717) is 32.1 Å². The van der Waals surface area contributed by atoms with Gasteiger partial charge in [0.25, 0.3) is 5.91 Å². The van der Waals surface area contributed by atoms with Crippen LogP contribution < -0.4 is 4.74 Å². The number of nitrogens with zero attached hydrogens (tertiary/aromatic N) is 2. The lowest BCUT2D eigenvalue weighted by Gasteiger charge is -2.35. The third kappa shape index (κ3) is 4.39. The van der Waals surface area contributed by atoms with Crippen molar-refractivity contribution in [3.8, 4) is 5.75 Å². The summed E-state index contributed by atoms with van der Waals surface area (Å²) in [6.07, 6.45) is 2.92. The molecule has 25 heavy (non-hydrogen) atoms. The Labute approximate surface area is 147 Å². The number of benzene rings is 1. The molecule has 2 heterocycles. The Morgan fingerprint density at radius 1 is 1.28 bits per heavy atom. The normalized spacial score (nSPS) is 16.6. The maximum absolute atomic E-state index is 12.9. The Hall–Kier alpha value is -2.34. The van der Waals surface area contributed by atoms with E-state index >= 15 is 0 Å². The molecule has 6 heteroatoms. The second-order valence-electron chi connectivity index (χ2n) is 6.06. The first-order chi connectivity index (χ1) is 12.2. The number of hydrogen-bond donors (Lipinski definition) is 0. The van der Waals surface area contributed by atoms with Gasteiger partial charge in [0.1, 0.15) is 11.6 Å². The number of hydrogen-bond acceptors (Lipinski definition) is 3. The van der Waals surface area contributed by atoms with Crippen LogP contribution in [0.15, 0.2) is 42.6 Å². The number of aromatic nitrogens is 1. The van der Waals surface area contributed by atoms with Gasteiger partial charge in [0.05, 0.1) is 12.6 Å². The molecule has 1 aromatic heterocycles. The van der Waals surface area contributed by atoms with Crippen LogP contribution >= 0.6 is 0 Å². The van der Waals surface area contributed by atoms with Gasteiger partial charge < -0.3 is 18.9 Å². The second kappa shape index (κ2) is 8.16. The van der Waals surface area contributed by atoms with Gasteiger partial charge in [0.2, 0.25) is 0 Å². The minimum atomic E-state index is -0.326. The molecule has 0 radical (unpaired) electrons. The summed E-state index contributed by atoms with van der Waals surface area (Å²) in [7, 11) is 0. The number of carbonyl (C=O) groups excluding carboxylic acids is 1. The van der Waals surface area contributed by atoms with Crippen LogP contribution in [-0.2, 0) is 16.1 Å². The number of rotatable bonds is 7. The van der Waals surface area contributed by atoms with E-state index < -0.39 is 0 Å². The van der Waals surface area contributed by atoms with Crippen molar-refractivity contribution in [2.75, 3.05) is 26.4 Å². The fourth-order valence-corrected chi connectivity index (χ4v) is 3.07. The van der Waals surface area contributed by atoms with Crippen LogP contribution in [0.4, 0.5) is 4.39 Å². The highest BCUT2D eigenvalue weighted by molar-refractivity contribution is 5.78. The molecule has 1 amide bonds. The Kier molecular flexibility index (Phi) is 5.71. The highest BCUT2D eigenvalue weighted by Gasteiger charge is 2.27. The van der Waals surface area contributed by atoms with Crippen LogP contribution in [0.3, 0.4) is 0 Å². The van der Waals surface area contributed by atoms with Gasteiger partial charge in [-0.3, -0.25) is 4.79 Å². The SMILES string of the molecule is CCOCC[C@H]1CN(C(=O)COc2ccc(F)cc2)Cc2cccn21. The summed E-state index contributed by atoms with van der Waals surface area (Å²) in [5.74, 6) is 0.0915. The molecule has 0 aliphatic carbocycles. The summed E-state index contributed by atoms with van der Waals surface area (Å²) in [5.41, 5.74) is 1.11. The van der Waals surface area contributed by atoms with Gasteiger partial charge >= 0.3 is 0 Å². The van der Waals surface area contributed by atoms with Gasteiger partial charge in [-0.15, -0.1) is 0 Å². The van der Waals surface area contributed by atoms with Crippen LogP contribution in [0.25, 0.3) is 0 Å². The lowest BCUT2D eigenvalue weighted by atomic mass is 10.1. The molecule has 0 saturated carbocycles. The molecule has 1 aromatic carbocycles. The van der Waals surface area contributed by atoms with Crippen LogP contribution in [-0.4, -0.2) is 41.7 Å². The molecule has 0 unspecified atom stereocenters. The van der Waals surface area contributed by atoms with Gasteiger partial charge in [0, 0.05) is 31.6 Å². The number of carbonyl (C=O) groups is 1. The zero-order valence-electron chi connectivity index (χ0n) is 14.4. The fraction of sp³-hybridized carbons (Fsp3) is 0.421. The predicted octanol–water partition coefficient (Wildman–Crippen LogP) is 3.02. The maximum Gasteiger partial charge on any atom is 0.260 e. The summed E-state index contributed by atoms with van der Waals surface area (Å²) in [6, 6.07) is 9.93. The smallest absolute Gasteiger partial charge is 0.260 e. The number of ether oxygens (including phenoxy) is 2. The highest BCUT2D eigenvalue weighted by Crippen LogP contribution is 2.24. The molecular formula is C19H23FN2O3. The van der Waals surface area contributed by atoms with E-state index in [1.54, 1.807) is 0 Å². The van der Waals surface area contributed by atoms with Crippen LogP contribution in [0.5, 0.6) is 5.75 Å². The minimum absolute atomic E-state index is 0.0511. The quantitative estimate of drug-likeness (QED) is 0.724. The van der Waals surface area contributed by atoms with Crippen molar-refractivity contribution in [2.45, 2.75) is 25.9 Å². The van der Waals surface area contributed by atoms with Crippen molar-refractivity contribution >= 4 is 5.91 Å². The Morgan fingerprint density at radius 3 is 2.84 bits per heavy atom. The molecule has 0 saturated heterocycles. The first-order valence-corrected chi connectivity index (χ1v) is 8.57. The first kappa shape index (κ1) is 17.5. The summed E-state index contributed by atoms with van der Waals surface area (Å²) in [6.45, 7) is 4.51. The summed E-state index contributed by atoms with van der Waals surface area (Å²) in [5, 5.41) is 0. The molecule has 5 nitrogen and oxygen atoms in total. The van der Waals surface area contributed by atoms with E-state index in [2.05, 4.69) is 10.8 Å². The van der Waals surface area contributed by atoms with E-state index in [0.717, 1.165) is 12.1 Å². The average Bonchev–Trinajstić information content (AvgIpc) is 3.10. The lowest BCUT2D eigenvalue weighted by molar-refractivity contribution is -0.135. The number of fused-ring (bicyclic) bond motifs is 1. The van der Waals surface area contributed by atoms with Crippen molar-refractivity contribution in [3.63, 3.8) is 0 Å². The fourth-order valence-electron chi connectivity index (χ4n) is 3.07. The largest absolute Gasteiger partial charge is 0.484 e. The molecule has 134 valence electrons. The average molecular weight is 346 g/mol. The second-order valence-corrected chi connectivity index (χ2v) is 6.06. The zero-order valence-corrected chi connectivity index (χ0v) is 14.4. The maximum atomic E-state index is 12.9. The summed E-state index contributed by atoms with van der Waals surface area (Å²) < 4.78 is 26.1. The third-order valence-electron chi connectivity index (χ3n) is 4.37. The zero-order chi connectivity index (χ0) is 17.6. The standard InChI is InChI=1S/C19H23FN2O3/c1-2-24-11-9-17-13-21(12-16-4-3-10-22(16)17)19(23)14-25-18-7-5-15(20)6-8-18/h3-8,10,17H,2,9,11-14H2,1H3/t17-/m0/s1. The summed E-state index contributed by atoms with van der Waals surface area (Å²) in [4.78, 5) is 14.3. The Morgan fingerprint density at radius 2 is 2.08 bits per heavy atom. The predicted molar refractivity (Wildman–Crippen MR) is 91.9 cm³/mol. The van der Waals surface area contributed by atoms with Crippen molar-refractivity contribution in [1.29, 1.82) is 0 Å². The van der Waals surface area contributed by atoms with Gasteiger partial charge in [-0.25, -0.2) is 4.39 Å². The van der Waals surface area contributed by atoms with E-state index in [4.69, 9.17) is 9.47 Å². The molecule has 0 bridgehead atoms. The molecule has 1 aliphatic rings. The van der Waals surface area contributed by atoms with Gasteiger partial charge in [0.15, 0.2) is 6.61 Å². The van der Waals surface area contributed by atoms with Crippen LogP contribution in [0.1, 0.15) is 25.1 Å². The van der Waals surface area contributed by atoms with Crippen LogP contribution in [0, 0.1) is 5.82 Å². The Bertz CT molecular complexity index is 699. The minimum Gasteiger partial charge on any atom is -0.484 e. The van der Waals surface area contributed by atoms with Crippen molar-refractivity contribution in [3.05, 3.63) is 54.1 Å². The molecule has 0 spiro atoms. The van der Waals surface area contributed by atoms with Gasteiger partial charge in [-0.1, -0.05) is 0 Å². The molecule has 1 atom stereocenters. The molecule has 3 rings (SSSR count). The molecule has 0 fully saturated rings. The molecule has 0 N–H and O–H groups in total. The Balaban J connectivity index is 1.60. The number of amides is 1. The van der Waals surface area contributed by atoms with Crippen molar-refractivity contribution < 1.29 is 18.7 Å².